The van der Waals surface area contributed by atoms with Crippen LogP contribution in [0, 0.1) is 0 Å². The molecular weight excluding hydrogens is 404 g/mol. The predicted molar refractivity (Wildman–Crippen MR) is 115 cm³/mol. The molecule has 0 aliphatic carbocycles. The van der Waals surface area contributed by atoms with Crippen molar-refractivity contribution in [3.8, 4) is 11.5 Å². The molecule has 0 radical (unpaired) electrons. The predicted octanol–water partition coefficient (Wildman–Crippen LogP) is 5.40. The van der Waals surface area contributed by atoms with Crippen LogP contribution < -0.4 is 9.47 Å². The molecule has 4 rings (SSSR count). The third kappa shape index (κ3) is 4.10. The van der Waals surface area contributed by atoms with Gasteiger partial charge in [0.2, 0.25) is 0 Å². The highest BCUT2D eigenvalue weighted by molar-refractivity contribution is 6.30. The lowest BCUT2D eigenvalue weighted by atomic mass is 9.98. The van der Waals surface area contributed by atoms with Gasteiger partial charge in [-0.1, -0.05) is 29.8 Å². The van der Waals surface area contributed by atoms with Crippen LogP contribution in [0.5, 0.6) is 11.5 Å². The minimum Gasteiger partial charge on any atom is -0.444 e. The van der Waals surface area contributed by atoms with Crippen molar-refractivity contribution in [3.05, 3.63) is 58.9 Å². The van der Waals surface area contributed by atoms with E-state index in [0.717, 1.165) is 11.1 Å². The Morgan fingerprint density at radius 1 is 1.23 bits per heavy atom. The summed E-state index contributed by atoms with van der Waals surface area (Å²) in [5.74, 6) is 0.330. The number of halogens is 1. The number of benzene rings is 1. The summed E-state index contributed by atoms with van der Waals surface area (Å²) in [7, 11) is 0. The number of aromatic nitrogens is 1. The number of para-hydroxylation sites is 1. The van der Waals surface area contributed by atoms with Crippen LogP contribution in [0.3, 0.4) is 0 Å². The molecule has 0 spiro atoms. The van der Waals surface area contributed by atoms with Crippen LogP contribution in [0.4, 0.5) is 4.79 Å². The third-order valence-electron chi connectivity index (χ3n) is 4.98. The van der Waals surface area contributed by atoms with Crippen LogP contribution in [0.25, 0.3) is 5.57 Å². The number of pyridine rings is 1. The molecule has 2 aromatic rings. The number of rotatable bonds is 2. The number of nitrogens with zero attached hydrogens (tertiary/aromatic N) is 2. The van der Waals surface area contributed by atoms with Crippen molar-refractivity contribution in [2.24, 2.45) is 0 Å². The molecule has 2 aliphatic rings. The van der Waals surface area contributed by atoms with Gasteiger partial charge in [0.05, 0.1) is 5.02 Å². The second-order valence-electron chi connectivity index (χ2n) is 8.55. The zero-order chi connectivity index (χ0) is 21.5. The Balaban J connectivity index is 1.54. The second kappa shape index (κ2) is 7.51. The van der Waals surface area contributed by atoms with Crippen LogP contribution in [0.1, 0.15) is 45.4 Å². The maximum absolute atomic E-state index is 12.3. The van der Waals surface area contributed by atoms with Crippen molar-refractivity contribution < 1.29 is 19.0 Å². The Kier molecular flexibility index (Phi) is 5.14. The van der Waals surface area contributed by atoms with E-state index in [1.165, 1.54) is 0 Å². The van der Waals surface area contributed by atoms with Gasteiger partial charge < -0.3 is 19.1 Å². The molecule has 0 saturated carbocycles. The number of hydrogen-bond acceptors (Lipinski definition) is 5. The lowest BCUT2D eigenvalue weighted by Gasteiger charge is -2.30. The molecule has 1 aromatic carbocycles. The Labute approximate surface area is 181 Å². The van der Waals surface area contributed by atoms with Crippen LogP contribution in [-0.4, -0.2) is 34.7 Å². The molecule has 1 aromatic heterocycles. The third-order valence-corrected chi connectivity index (χ3v) is 5.20. The summed E-state index contributed by atoms with van der Waals surface area (Å²) >= 11 is 5.96. The van der Waals surface area contributed by atoms with Crippen molar-refractivity contribution in [1.82, 2.24) is 9.88 Å². The monoisotopic (exact) mass is 428 g/mol. The molecule has 0 bridgehead atoms. The molecule has 7 heteroatoms. The SMILES string of the molecule is CC(C)(C)OC(=O)N1CC=C(c2cccc3c2OC(C)(c2ccc(Cl)cn2)O3)CC1. The van der Waals surface area contributed by atoms with Crippen molar-refractivity contribution >= 4 is 23.3 Å². The molecule has 6 nitrogen and oxygen atoms in total. The van der Waals surface area contributed by atoms with E-state index in [2.05, 4.69) is 4.98 Å². The lowest BCUT2D eigenvalue weighted by Crippen LogP contribution is -2.39. The van der Waals surface area contributed by atoms with Gasteiger partial charge in [-0.05, 0) is 51.0 Å². The highest BCUT2D eigenvalue weighted by Gasteiger charge is 2.41. The summed E-state index contributed by atoms with van der Waals surface area (Å²) in [6.07, 6.45) is 4.03. The molecule has 1 atom stereocenters. The van der Waals surface area contributed by atoms with E-state index < -0.39 is 11.4 Å². The maximum atomic E-state index is 12.3. The molecule has 0 N–H and O–H groups in total. The second-order valence-corrected chi connectivity index (χ2v) is 8.99. The quantitative estimate of drug-likeness (QED) is 0.640. The number of carbonyl (C=O) groups is 1. The fourth-order valence-corrected chi connectivity index (χ4v) is 3.65. The molecule has 1 unspecified atom stereocenters. The largest absolute Gasteiger partial charge is 0.444 e. The van der Waals surface area contributed by atoms with Gasteiger partial charge in [0, 0.05) is 31.8 Å². The fraction of sp³-hybridized carbons (Fsp3) is 0.391. The van der Waals surface area contributed by atoms with Gasteiger partial charge in [-0.2, -0.15) is 0 Å². The zero-order valence-electron chi connectivity index (χ0n) is 17.6. The number of amides is 1. The van der Waals surface area contributed by atoms with E-state index in [1.807, 2.05) is 52.0 Å². The minimum atomic E-state index is -1.03. The summed E-state index contributed by atoms with van der Waals surface area (Å²) < 4.78 is 17.9. The number of ether oxygens (including phenoxy) is 3. The first-order chi connectivity index (χ1) is 14.1. The molecule has 30 heavy (non-hydrogen) atoms. The lowest BCUT2D eigenvalue weighted by molar-refractivity contribution is -0.0718. The van der Waals surface area contributed by atoms with Crippen LogP contribution in [0.2, 0.25) is 5.02 Å². The zero-order valence-corrected chi connectivity index (χ0v) is 18.3. The molecule has 2 aliphatic heterocycles. The van der Waals surface area contributed by atoms with E-state index in [4.69, 9.17) is 25.8 Å². The Morgan fingerprint density at radius 2 is 2.03 bits per heavy atom. The molecule has 1 amide bonds. The van der Waals surface area contributed by atoms with Crippen molar-refractivity contribution in [2.75, 3.05) is 13.1 Å². The van der Waals surface area contributed by atoms with E-state index in [1.54, 1.807) is 23.2 Å². The minimum absolute atomic E-state index is 0.294. The highest BCUT2D eigenvalue weighted by Crippen LogP contribution is 2.48. The number of fused-ring (bicyclic) bond motifs is 1. The van der Waals surface area contributed by atoms with E-state index in [0.29, 0.717) is 41.7 Å². The van der Waals surface area contributed by atoms with Crippen molar-refractivity contribution in [1.29, 1.82) is 0 Å². The number of hydrogen-bond donors (Lipinski definition) is 0. The molecule has 158 valence electrons. The van der Waals surface area contributed by atoms with Gasteiger partial charge in [0.25, 0.3) is 5.79 Å². The van der Waals surface area contributed by atoms with E-state index in [9.17, 15) is 4.79 Å². The molecular formula is C23H25ClN2O4. The van der Waals surface area contributed by atoms with Gasteiger partial charge in [-0.15, -0.1) is 0 Å². The van der Waals surface area contributed by atoms with E-state index in [-0.39, 0.29) is 6.09 Å². The Morgan fingerprint density at radius 3 is 2.67 bits per heavy atom. The summed E-state index contributed by atoms with van der Waals surface area (Å²) in [6, 6.07) is 9.40. The maximum Gasteiger partial charge on any atom is 0.410 e. The first-order valence-corrected chi connectivity index (χ1v) is 10.3. The first kappa shape index (κ1) is 20.5. The Bertz CT molecular complexity index is 997. The van der Waals surface area contributed by atoms with Crippen molar-refractivity contribution in [2.45, 2.75) is 45.5 Å². The van der Waals surface area contributed by atoms with Gasteiger partial charge in [-0.3, -0.25) is 4.98 Å². The average molecular weight is 429 g/mol. The summed E-state index contributed by atoms with van der Waals surface area (Å²) in [4.78, 5) is 18.4. The standard InChI is InChI=1S/C23H25ClN2O4/c1-22(2,3)30-21(27)26-12-10-15(11-13-26)17-6-5-7-18-20(17)29-23(4,28-18)19-9-8-16(24)14-25-19/h5-10,14H,11-13H2,1-4H3. The van der Waals surface area contributed by atoms with Crippen LogP contribution >= 0.6 is 11.6 Å². The molecule has 0 fully saturated rings. The fourth-order valence-electron chi connectivity index (χ4n) is 3.53. The van der Waals surface area contributed by atoms with Gasteiger partial charge in [-0.25, -0.2) is 4.79 Å². The van der Waals surface area contributed by atoms with Crippen LogP contribution in [0.15, 0.2) is 42.6 Å². The topological polar surface area (TPSA) is 60.9 Å². The van der Waals surface area contributed by atoms with Gasteiger partial charge in [0.1, 0.15) is 11.3 Å². The normalized spacial score (nSPS) is 20.7. The summed E-state index contributed by atoms with van der Waals surface area (Å²) in [5.41, 5.74) is 2.22. The Hall–Kier alpha value is -2.73. The van der Waals surface area contributed by atoms with Gasteiger partial charge >= 0.3 is 6.09 Å². The smallest absolute Gasteiger partial charge is 0.410 e. The number of carbonyl (C=O) groups excluding carboxylic acids is 1. The highest BCUT2D eigenvalue weighted by atomic mass is 35.5. The molecule has 3 heterocycles. The van der Waals surface area contributed by atoms with Crippen molar-refractivity contribution in [3.63, 3.8) is 0 Å². The van der Waals surface area contributed by atoms with E-state index >= 15 is 0 Å². The first-order valence-electron chi connectivity index (χ1n) is 9.95. The average Bonchev–Trinajstić information content (AvgIpc) is 3.04. The summed E-state index contributed by atoms with van der Waals surface area (Å²) in [5, 5.41) is 0.556. The van der Waals surface area contributed by atoms with Crippen LogP contribution in [-0.2, 0) is 10.5 Å². The van der Waals surface area contributed by atoms with Gasteiger partial charge in [0.15, 0.2) is 11.5 Å². The summed E-state index contributed by atoms with van der Waals surface area (Å²) in [6.45, 7) is 8.52. The molecule has 0 saturated heterocycles.